The van der Waals surface area contributed by atoms with Crippen molar-refractivity contribution in [2.75, 3.05) is 32.5 Å². The molecule has 0 fully saturated rings. The lowest BCUT2D eigenvalue weighted by Gasteiger charge is -2.40. The number of anilines is 1. The molecular formula is C31H45F2N7O2. The van der Waals surface area contributed by atoms with Crippen molar-refractivity contribution >= 4 is 17.5 Å². The molecule has 0 saturated carbocycles. The minimum Gasteiger partial charge on any atom is -0.399 e. The number of carbonyl (C=O) groups excluding carboxylic acids is 2. The van der Waals surface area contributed by atoms with Crippen LogP contribution in [0.25, 0.3) is 11.3 Å². The highest BCUT2D eigenvalue weighted by molar-refractivity contribution is 5.89. The number of nitrogens with two attached hydrogens (primary N) is 3. The van der Waals surface area contributed by atoms with E-state index < -0.39 is 28.7 Å². The average Bonchev–Trinajstić information content (AvgIpc) is 3.33. The highest BCUT2D eigenvalue weighted by Crippen LogP contribution is 2.39. The summed E-state index contributed by atoms with van der Waals surface area (Å²) < 4.78 is 26.4. The number of rotatable bonds is 11. The predicted octanol–water partition coefficient (Wildman–Crippen LogP) is 4.02. The zero-order valence-corrected chi connectivity index (χ0v) is 25.5. The van der Waals surface area contributed by atoms with E-state index in [1.54, 1.807) is 31.0 Å². The maximum atomic E-state index is 15.0. The predicted molar refractivity (Wildman–Crippen MR) is 163 cm³/mol. The van der Waals surface area contributed by atoms with Gasteiger partial charge in [0.2, 0.25) is 11.8 Å². The number of benzene rings is 2. The fourth-order valence-electron chi connectivity index (χ4n) is 4.56. The number of carbonyl (C=O) groups is 2. The minimum atomic E-state index is -1.13. The Morgan fingerprint density at radius 3 is 2.29 bits per heavy atom. The van der Waals surface area contributed by atoms with Crippen molar-refractivity contribution < 1.29 is 18.4 Å². The summed E-state index contributed by atoms with van der Waals surface area (Å²) in [5.41, 5.74) is 18.2. The largest absolute Gasteiger partial charge is 0.399 e. The molecule has 42 heavy (non-hydrogen) atoms. The molecule has 0 aliphatic rings. The quantitative estimate of drug-likeness (QED) is 0.250. The molecule has 0 aliphatic heterocycles. The summed E-state index contributed by atoms with van der Waals surface area (Å²) >= 11 is 0. The lowest BCUT2D eigenvalue weighted by Crippen LogP contribution is -2.53. The van der Waals surface area contributed by atoms with Crippen LogP contribution in [0, 0.1) is 11.2 Å². The van der Waals surface area contributed by atoms with E-state index >= 15 is 0 Å². The minimum absolute atomic E-state index is 0.229. The van der Waals surface area contributed by atoms with Gasteiger partial charge in [0.1, 0.15) is 11.6 Å². The van der Waals surface area contributed by atoms with Gasteiger partial charge in [0.15, 0.2) is 0 Å². The van der Waals surface area contributed by atoms with Crippen LogP contribution in [0.3, 0.4) is 0 Å². The van der Waals surface area contributed by atoms with Gasteiger partial charge < -0.3 is 32.0 Å². The molecule has 7 N–H and O–H groups in total. The smallest absolute Gasteiger partial charge is 0.242 e. The molecule has 9 nitrogen and oxygen atoms in total. The van der Waals surface area contributed by atoms with Crippen molar-refractivity contribution in [3.05, 3.63) is 71.9 Å². The van der Waals surface area contributed by atoms with Crippen molar-refractivity contribution in [2.45, 2.75) is 59.2 Å². The van der Waals surface area contributed by atoms with Gasteiger partial charge in [-0.25, -0.2) is 9.37 Å². The normalized spacial score (nSPS) is 12.2. The number of nitrogens with zero attached hydrogens (tertiary/aromatic N) is 3. The second-order valence-electron chi connectivity index (χ2n) is 11.7. The molecule has 11 heteroatoms. The van der Waals surface area contributed by atoms with Crippen LogP contribution in [0.4, 0.5) is 14.5 Å². The number of imidazole rings is 1. The first-order valence-electron chi connectivity index (χ1n) is 13.8. The Kier molecular flexibility index (Phi) is 12.2. The third-order valence-electron chi connectivity index (χ3n) is 6.55. The maximum absolute atomic E-state index is 15.0. The highest BCUT2D eigenvalue weighted by Gasteiger charge is 2.38. The van der Waals surface area contributed by atoms with E-state index in [1.807, 2.05) is 55.7 Å². The second kappa shape index (κ2) is 14.9. The van der Waals surface area contributed by atoms with Crippen LogP contribution in [-0.2, 0) is 16.1 Å². The summed E-state index contributed by atoms with van der Waals surface area (Å²) in [6.07, 6.45) is 2.34. The van der Waals surface area contributed by atoms with E-state index in [-0.39, 0.29) is 18.0 Å². The fourth-order valence-corrected chi connectivity index (χ4v) is 4.56. The van der Waals surface area contributed by atoms with Crippen LogP contribution in [0.2, 0.25) is 0 Å². The van der Waals surface area contributed by atoms with Crippen LogP contribution < -0.4 is 22.5 Å². The maximum Gasteiger partial charge on any atom is 0.242 e. The van der Waals surface area contributed by atoms with E-state index in [2.05, 4.69) is 5.32 Å². The van der Waals surface area contributed by atoms with Gasteiger partial charge in [-0.1, -0.05) is 51.1 Å². The monoisotopic (exact) mass is 585 g/mol. The standard InChI is InChI=1S/C30H42FN7O2.CH3F/c1-29(2,3)26(38(15-9-14-32)25(39)17-35-28(40)30(4,5)34)27-36-24(22-16-21(33)12-13-23(22)31)19-37(27)18-20-10-7-6-8-11-20;1-2/h6-8,10-13,16,19,26H,9,14-15,17-18,32-34H2,1-5H3,(H,35,40);1H3. The molecule has 230 valence electrons. The Morgan fingerprint density at radius 2 is 1.71 bits per heavy atom. The number of aromatic nitrogens is 2. The molecule has 2 amide bonds. The van der Waals surface area contributed by atoms with Crippen LogP contribution in [0.5, 0.6) is 0 Å². The van der Waals surface area contributed by atoms with Crippen LogP contribution in [0.1, 0.15) is 58.5 Å². The van der Waals surface area contributed by atoms with Gasteiger partial charge in [0, 0.05) is 30.5 Å². The Bertz CT molecular complexity index is 1320. The second-order valence-corrected chi connectivity index (χ2v) is 11.7. The van der Waals surface area contributed by atoms with E-state index in [0.717, 1.165) is 5.56 Å². The molecule has 1 aromatic heterocycles. The zero-order chi connectivity index (χ0) is 31.7. The first-order chi connectivity index (χ1) is 19.7. The molecule has 0 spiro atoms. The first-order valence-corrected chi connectivity index (χ1v) is 13.8. The first kappa shape index (κ1) is 34.4. The molecule has 2 aromatic carbocycles. The summed E-state index contributed by atoms with van der Waals surface area (Å²) in [6, 6.07) is 13.7. The summed E-state index contributed by atoms with van der Waals surface area (Å²) in [5.74, 6) is -0.585. The van der Waals surface area contributed by atoms with Gasteiger partial charge in [-0.15, -0.1) is 0 Å². The molecule has 3 rings (SSSR count). The van der Waals surface area contributed by atoms with Crippen LogP contribution >= 0.6 is 0 Å². The van der Waals surface area contributed by atoms with E-state index in [4.69, 9.17) is 22.2 Å². The number of nitrogen functional groups attached to an aromatic ring is 1. The SMILES string of the molecule is CC(C)(N)C(=O)NCC(=O)N(CCCN)C(c1nc(-c2cc(N)ccc2F)cn1Cc1ccccc1)C(C)(C)C.CF. The summed E-state index contributed by atoms with van der Waals surface area (Å²) in [6.45, 7) is 10.2. The number of nitrogens with one attached hydrogen (secondary N) is 1. The summed E-state index contributed by atoms with van der Waals surface area (Å²) in [4.78, 5) is 32.8. The van der Waals surface area contributed by atoms with Crippen LogP contribution in [-0.4, -0.2) is 58.6 Å². The molecular weight excluding hydrogens is 540 g/mol. The molecule has 1 atom stereocenters. The number of alkyl halides is 1. The number of hydrogen-bond donors (Lipinski definition) is 4. The van der Waals surface area contributed by atoms with E-state index in [1.165, 1.54) is 12.1 Å². The molecule has 0 saturated heterocycles. The van der Waals surface area contributed by atoms with Crippen molar-refractivity contribution in [2.24, 2.45) is 16.9 Å². The van der Waals surface area contributed by atoms with Gasteiger partial charge in [-0.2, -0.15) is 0 Å². The van der Waals surface area contributed by atoms with Crippen LogP contribution in [0.15, 0.2) is 54.7 Å². The van der Waals surface area contributed by atoms with Gasteiger partial charge in [0.05, 0.1) is 31.0 Å². The lowest BCUT2D eigenvalue weighted by molar-refractivity contribution is -0.138. The van der Waals surface area contributed by atoms with Gasteiger partial charge in [0.25, 0.3) is 0 Å². The molecule has 0 aliphatic carbocycles. The van der Waals surface area contributed by atoms with Crippen molar-refractivity contribution in [1.29, 1.82) is 0 Å². The Hall–Kier alpha value is -3.83. The molecule has 0 bridgehead atoms. The van der Waals surface area contributed by atoms with E-state index in [9.17, 15) is 18.4 Å². The fraction of sp³-hybridized carbons (Fsp3) is 0.452. The number of halogens is 2. The van der Waals surface area contributed by atoms with E-state index in [0.29, 0.717) is 50.4 Å². The van der Waals surface area contributed by atoms with Crippen molar-refractivity contribution in [3.8, 4) is 11.3 Å². The Morgan fingerprint density at radius 1 is 1.07 bits per heavy atom. The van der Waals surface area contributed by atoms with Gasteiger partial charge in [-0.3, -0.25) is 14.0 Å². The third-order valence-corrected chi connectivity index (χ3v) is 6.55. The number of amides is 2. The van der Waals surface area contributed by atoms with Gasteiger partial charge in [-0.05, 0) is 56.0 Å². The Labute approximate surface area is 247 Å². The summed E-state index contributed by atoms with van der Waals surface area (Å²) in [5, 5.41) is 2.66. The third kappa shape index (κ3) is 9.09. The topological polar surface area (TPSA) is 145 Å². The average molecular weight is 586 g/mol. The summed E-state index contributed by atoms with van der Waals surface area (Å²) in [7, 11) is 0.500. The molecule has 1 unspecified atom stereocenters. The lowest BCUT2D eigenvalue weighted by atomic mass is 9.84. The van der Waals surface area contributed by atoms with Crippen molar-refractivity contribution in [1.82, 2.24) is 19.8 Å². The Balaban J connectivity index is 0.00000301. The van der Waals surface area contributed by atoms with Crippen molar-refractivity contribution in [3.63, 3.8) is 0 Å². The van der Waals surface area contributed by atoms with Gasteiger partial charge >= 0.3 is 0 Å². The highest BCUT2D eigenvalue weighted by atomic mass is 19.1. The molecule has 0 radical (unpaired) electrons. The molecule has 1 heterocycles. The number of hydrogen-bond acceptors (Lipinski definition) is 6. The zero-order valence-electron chi connectivity index (χ0n) is 25.5. The molecule has 3 aromatic rings.